The minimum atomic E-state index is -4.60. The summed E-state index contributed by atoms with van der Waals surface area (Å²) in [6.45, 7) is 4.34. The van der Waals surface area contributed by atoms with Gasteiger partial charge in [-0.25, -0.2) is 14.2 Å². The molecule has 1 saturated heterocycles. The molecule has 0 unspecified atom stereocenters. The zero-order valence-electron chi connectivity index (χ0n) is 26.3. The third-order valence-electron chi connectivity index (χ3n) is 8.90. The predicted molar refractivity (Wildman–Crippen MR) is 163 cm³/mol. The van der Waals surface area contributed by atoms with Crippen LogP contribution >= 0.6 is 0 Å². The van der Waals surface area contributed by atoms with Crippen LogP contribution < -0.4 is 15.8 Å². The Balaban J connectivity index is 1.43. The molecule has 2 atom stereocenters. The first-order valence-corrected chi connectivity index (χ1v) is 15.0. The van der Waals surface area contributed by atoms with Crippen molar-refractivity contribution in [2.24, 2.45) is 7.05 Å². The Hall–Kier alpha value is -4.26. The van der Waals surface area contributed by atoms with Crippen LogP contribution in [0.3, 0.4) is 0 Å². The van der Waals surface area contributed by atoms with Crippen molar-refractivity contribution in [1.29, 1.82) is 0 Å². The Bertz CT molecular complexity index is 1730. The largest absolute Gasteiger partial charge is 0.467 e. The molecule has 1 N–H and O–H groups in total. The van der Waals surface area contributed by atoms with E-state index < -0.39 is 42.6 Å². The van der Waals surface area contributed by atoms with E-state index in [0.29, 0.717) is 23.5 Å². The predicted octanol–water partition coefficient (Wildman–Crippen LogP) is 4.28. The van der Waals surface area contributed by atoms with E-state index in [-0.39, 0.29) is 41.9 Å². The van der Waals surface area contributed by atoms with E-state index in [1.54, 1.807) is 20.9 Å². The summed E-state index contributed by atoms with van der Waals surface area (Å²) in [5.41, 5.74) is 4.20. The molecule has 0 saturated carbocycles. The first kappa shape index (κ1) is 33.1. The second kappa shape index (κ2) is 12.9. The van der Waals surface area contributed by atoms with Gasteiger partial charge in [0.05, 0.1) is 37.1 Å². The van der Waals surface area contributed by atoms with Crippen LogP contribution in [0.4, 0.5) is 23.2 Å². The minimum absolute atomic E-state index is 0.0220. The van der Waals surface area contributed by atoms with E-state index in [9.17, 15) is 27.6 Å². The molecule has 1 fully saturated rings. The van der Waals surface area contributed by atoms with Crippen molar-refractivity contribution >= 4 is 17.6 Å². The monoisotopic (exact) mass is 644 g/mol. The van der Waals surface area contributed by atoms with Crippen molar-refractivity contribution in [3.05, 3.63) is 79.8 Å². The van der Waals surface area contributed by atoms with Crippen LogP contribution in [0.2, 0.25) is 0 Å². The lowest BCUT2D eigenvalue weighted by atomic mass is 9.90. The molecule has 0 radical (unpaired) electrons. The summed E-state index contributed by atoms with van der Waals surface area (Å²) in [4.78, 5) is 45.0. The van der Waals surface area contributed by atoms with Gasteiger partial charge in [0, 0.05) is 25.7 Å². The van der Waals surface area contributed by atoms with Crippen molar-refractivity contribution in [3.63, 3.8) is 0 Å². The Labute approximate surface area is 263 Å². The summed E-state index contributed by atoms with van der Waals surface area (Å²) in [6.07, 6.45) is -2.29. The van der Waals surface area contributed by atoms with Gasteiger partial charge < -0.3 is 19.7 Å². The number of carbonyl (C=O) groups excluding carboxylic acids is 2. The van der Waals surface area contributed by atoms with Crippen LogP contribution in [0, 0.1) is 26.6 Å². The van der Waals surface area contributed by atoms with Crippen LogP contribution in [-0.2, 0) is 40.6 Å². The van der Waals surface area contributed by atoms with E-state index in [1.165, 1.54) is 24.7 Å². The highest BCUT2D eigenvalue weighted by molar-refractivity contribution is 5.98. The van der Waals surface area contributed by atoms with Gasteiger partial charge in [-0.3, -0.25) is 14.2 Å². The molecule has 46 heavy (non-hydrogen) atoms. The van der Waals surface area contributed by atoms with Crippen LogP contribution in [0.15, 0.2) is 29.1 Å². The van der Waals surface area contributed by atoms with Gasteiger partial charge in [0.15, 0.2) is 0 Å². The average molecular weight is 645 g/mol. The van der Waals surface area contributed by atoms with Gasteiger partial charge >= 0.3 is 12.1 Å². The number of carbonyl (C=O) groups is 2. The lowest BCUT2D eigenvalue weighted by Crippen LogP contribution is -2.53. The molecule has 1 aliphatic heterocycles. The summed E-state index contributed by atoms with van der Waals surface area (Å²) >= 11 is 0. The van der Waals surface area contributed by atoms with Gasteiger partial charge in [-0.05, 0) is 80.0 Å². The molecular weight excluding hydrogens is 608 g/mol. The molecule has 1 aromatic heterocycles. The Morgan fingerprint density at radius 3 is 2.54 bits per heavy atom. The average Bonchev–Trinajstić information content (AvgIpc) is 3.50. The molecule has 0 bridgehead atoms. The van der Waals surface area contributed by atoms with Gasteiger partial charge in [0.25, 0.3) is 11.5 Å². The number of hydrogen-bond donors (Lipinski definition) is 1. The van der Waals surface area contributed by atoms with Gasteiger partial charge in [-0.1, -0.05) is 12.1 Å². The fourth-order valence-electron chi connectivity index (χ4n) is 6.51. The zero-order valence-corrected chi connectivity index (χ0v) is 26.3. The number of alkyl halides is 3. The molecule has 1 amide bonds. The number of morpholine rings is 1. The topological polar surface area (TPSA) is 103 Å². The first-order valence-electron chi connectivity index (χ1n) is 15.0. The number of amides is 1. The highest BCUT2D eigenvalue weighted by Crippen LogP contribution is 2.36. The minimum Gasteiger partial charge on any atom is -0.467 e. The maximum atomic E-state index is 15.5. The highest BCUT2D eigenvalue weighted by Gasteiger charge is 2.45. The smallest absolute Gasteiger partial charge is 0.411 e. The van der Waals surface area contributed by atoms with Gasteiger partial charge in [-0.15, -0.1) is 0 Å². The first-order chi connectivity index (χ1) is 21.7. The molecule has 9 nitrogen and oxygen atoms in total. The molecule has 2 aliphatic rings. The number of methoxy groups -OCH3 is 1. The number of fused-ring (bicyclic) bond motifs is 1. The van der Waals surface area contributed by atoms with Crippen LogP contribution in [0.5, 0.6) is 0 Å². The number of esters is 1. The summed E-state index contributed by atoms with van der Waals surface area (Å²) < 4.78 is 67.8. The van der Waals surface area contributed by atoms with Crippen LogP contribution in [0.25, 0.3) is 11.1 Å². The summed E-state index contributed by atoms with van der Waals surface area (Å²) in [5.74, 6) is -2.06. The quantitative estimate of drug-likeness (QED) is 0.303. The fourth-order valence-corrected chi connectivity index (χ4v) is 6.51. The van der Waals surface area contributed by atoms with Gasteiger partial charge in [0.2, 0.25) is 0 Å². The lowest BCUT2D eigenvalue weighted by Gasteiger charge is -2.38. The molecule has 13 heteroatoms. The number of ether oxygens (including phenoxy) is 2. The number of anilines is 1. The highest BCUT2D eigenvalue weighted by atomic mass is 19.4. The maximum absolute atomic E-state index is 15.5. The Morgan fingerprint density at radius 1 is 1.15 bits per heavy atom. The molecule has 2 aromatic carbocycles. The lowest BCUT2D eigenvalue weighted by molar-refractivity contribution is -0.167. The number of aromatic nitrogens is 2. The summed E-state index contributed by atoms with van der Waals surface area (Å²) in [5, 5.41) is 2.59. The summed E-state index contributed by atoms with van der Waals surface area (Å²) in [7, 11) is 2.85. The van der Waals surface area contributed by atoms with Gasteiger partial charge in [-0.2, -0.15) is 13.2 Å². The molecule has 246 valence electrons. The van der Waals surface area contributed by atoms with E-state index in [2.05, 4.69) is 10.3 Å². The van der Waals surface area contributed by atoms with Crippen molar-refractivity contribution in [3.8, 4) is 11.1 Å². The van der Waals surface area contributed by atoms with Crippen LogP contribution in [-0.4, -0.2) is 66.6 Å². The normalized spacial score (nSPS) is 17.1. The van der Waals surface area contributed by atoms with E-state index >= 15 is 4.39 Å². The maximum Gasteiger partial charge on any atom is 0.411 e. The Kier molecular flexibility index (Phi) is 9.26. The van der Waals surface area contributed by atoms with Gasteiger partial charge in [0.1, 0.15) is 23.7 Å². The van der Waals surface area contributed by atoms with Crippen molar-refractivity contribution in [1.82, 2.24) is 14.9 Å². The van der Waals surface area contributed by atoms with Crippen molar-refractivity contribution < 1.29 is 36.6 Å². The zero-order chi connectivity index (χ0) is 33.5. The summed E-state index contributed by atoms with van der Waals surface area (Å²) in [6, 6.07) is 2.74. The Morgan fingerprint density at radius 2 is 1.87 bits per heavy atom. The molecule has 5 rings (SSSR count). The molecule has 0 spiro atoms. The fraction of sp³-hybridized carbons (Fsp3) is 0.455. The second-order valence-corrected chi connectivity index (χ2v) is 11.8. The number of nitrogens with one attached hydrogen (secondary N) is 1. The van der Waals surface area contributed by atoms with Crippen LogP contribution in [0.1, 0.15) is 50.6 Å². The number of hydrogen-bond acceptors (Lipinski definition) is 7. The molecular formula is C33H36F4N4O5. The van der Waals surface area contributed by atoms with Crippen molar-refractivity contribution in [2.45, 2.75) is 64.7 Å². The van der Waals surface area contributed by atoms with E-state index in [1.807, 2.05) is 12.1 Å². The van der Waals surface area contributed by atoms with E-state index in [0.717, 1.165) is 46.1 Å². The third-order valence-corrected chi connectivity index (χ3v) is 8.90. The number of aryl methyl sites for hydroxylation is 3. The number of rotatable bonds is 7. The number of nitrogens with zero attached hydrogens (tertiary/aromatic N) is 3. The van der Waals surface area contributed by atoms with E-state index in [4.69, 9.17) is 9.47 Å². The number of halogens is 4. The SMILES string of the molecule is COC(=O)[C@H](Cc1ccc(-c2c(C)nc(C)n(C)c2=O)c2c1CCC2)NC(=O)c1c(C)cc(N2CCOC[C@@H]2C(F)(F)F)cc1F. The third kappa shape index (κ3) is 6.24. The molecule has 1 aliphatic carbocycles. The standard InChI is InChI=1S/C33H36F4N4O5/c1-17-13-21(41-11-12-46-16-27(41)33(35,36)37)15-25(34)28(17)30(42)39-26(32(44)45-5)14-20-9-10-24(23-8-6-7-22(20)23)29-18(2)38-19(3)40(4)31(29)43/h9-10,13,15,26-27H,6-8,11-12,14,16H2,1-5H3,(H,39,42)/t26-,27+/m0/s1. The second-order valence-electron chi connectivity index (χ2n) is 11.8. The molecule has 3 aromatic rings. The number of benzene rings is 2. The molecule has 2 heterocycles. The van der Waals surface area contributed by atoms with Crippen molar-refractivity contribution in [2.75, 3.05) is 31.8 Å².